The van der Waals surface area contributed by atoms with Crippen LogP contribution in [0.5, 0.6) is 0 Å². The Morgan fingerprint density at radius 1 is 1.38 bits per heavy atom. The number of aryl methyl sites for hydroxylation is 1. The molecule has 0 spiro atoms. The van der Waals surface area contributed by atoms with Crippen LogP contribution < -0.4 is 0 Å². The van der Waals surface area contributed by atoms with Crippen molar-refractivity contribution in [1.29, 1.82) is 0 Å². The number of carbonyl (C=O) groups is 1. The zero-order chi connectivity index (χ0) is 11.4. The maximum atomic E-state index is 10.5. The van der Waals surface area contributed by atoms with E-state index in [0.29, 0.717) is 5.69 Å². The van der Waals surface area contributed by atoms with E-state index >= 15 is 0 Å². The minimum absolute atomic E-state index is 0.527. The van der Waals surface area contributed by atoms with Crippen LogP contribution in [0.2, 0.25) is 0 Å². The first kappa shape index (κ1) is 11.0. The highest BCUT2D eigenvalue weighted by Gasteiger charge is 2.00. The van der Waals surface area contributed by atoms with Gasteiger partial charge in [0, 0.05) is 4.90 Å². The SMILES string of the molecule is Cc1ccc(SCc2ncc(C=O)[nH]2)cc1. The summed E-state index contributed by atoms with van der Waals surface area (Å²) in [6.45, 7) is 2.07. The molecule has 2 aromatic rings. The van der Waals surface area contributed by atoms with Gasteiger partial charge in [-0.25, -0.2) is 4.98 Å². The molecule has 1 aromatic heterocycles. The van der Waals surface area contributed by atoms with Crippen molar-refractivity contribution in [2.24, 2.45) is 0 Å². The zero-order valence-corrected chi connectivity index (χ0v) is 9.75. The largest absolute Gasteiger partial charge is 0.339 e. The summed E-state index contributed by atoms with van der Waals surface area (Å²) in [5, 5.41) is 0. The van der Waals surface area contributed by atoms with E-state index in [4.69, 9.17) is 0 Å². The fraction of sp³-hybridized carbons (Fsp3) is 0.167. The summed E-state index contributed by atoms with van der Waals surface area (Å²) < 4.78 is 0. The molecule has 4 heteroatoms. The molecule has 82 valence electrons. The number of hydrogen-bond acceptors (Lipinski definition) is 3. The molecule has 0 saturated carbocycles. The van der Waals surface area contributed by atoms with E-state index in [-0.39, 0.29) is 0 Å². The molecule has 0 radical (unpaired) electrons. The lowest BCUT2D eigenvalue weighted by atomic mass is 10.2. The number of H-pyrrole nitrogens is 1. The topological polar surface area (TPSA) is 45.8 Å². The van der Waals surface area contributed by atoms with Crippen molar-refractivity contribution in [3.05, 3.63) is 47.5 Å². The molecule has 3 nitrogen and oxygen atoms in total. The van der Waals surface area contributed by atoms with E-state index in [1.165, 1.54) is 10.5 Å². The van der Waals surface area contributed by atoms with Gasteiger partial charge in [-0.15, -0.1) is 11.8 Å². The maximum absolute atomic E-state index is 10.5. The number of nitrogens with zero attached hydrogens (tertiary/aromatic N) is 1. The monoisotopic (exact) mass is 232 g/mol. The molecule has 16 heavy (non-hydrogen) atoms. The minimum atomic E-state index is 0.527. The van der Waals surface area contributed by atoms with Crippen molar-refractivity contribution in [1.82, 2.24) is 9.97 Å². The Hall–Kier alpha value is -1.55. The average Bonchev–Trinajstić information content (AvgIpc) is 2.76. The quantitative estimate of drug-likeness (QED) is 0.651. The summed E-state index contributed by atoms with van der Waals surface area (Å²) in [4.78, 5) is 18.7. The van der Waals surface area contributed by atoms with E-state index in [1.54, 1.807) is 18.0 Å². The van der Waals surface area contributed by atoms with Gasteiger partial charge in [0.25, 0.3) is 0 Å². The van der Waals surface area contributed by atoms with Crippen molar-refractivity contribution in [2.45, 2.75) is 17.6 Å². The van der Waals surface area contributed by atoms with Crippen LogP contribution in [0.4, 0.5) is 0 Å². The van der Waals surface area contributed by atoms with Crippen molar-refractivity contribution >= 4 is 18.0 Å². The number of carbonyl (C=O) groups excluding carboxylic acids is 1. The third-order valence-electron chi connectivity index (χ3n) is 2.17. The number of benzene rings is 1. The molecule has 0 bridgehead atoms. The summed E-state index contributed by atoms with van der Waals surface area (Å²) in [6.07, 6.45) is 2.32. The molecule has 0 fully saturated rings. The fourth-order valence-electron chi connectivity index (χ4n) is 1.30. The lowest BCUT2D eigenvalue weighted by molar-refractivity contribution is 0.111. The van der Waals surface area contributed by atoms with E-state index < -0.39 is 0 Å². The van der Waals surface area contributed by atoms with Gasteiger partial charge in [-0.1, -0.05) is 17.7 Å². The third kappa shape index (κ3) is 2.73. The number of thioether (sulfide) groups is 1. The van der Waals surface area contributed by atoms with Crippen LogP contribution in [0.15, 0.2) is 35.4 Å². The second-order valence-corrected chi connectivity index (χ2v) is 4.55. The normalized spacial score (nSPS) is 10.3. The lowest BCUT2D eigenvalue weighted by Crippen LogP contribution is -1.85. The number of aldehydes is 1. The third-order valence-corrected chi connectivity index (χ3v) is 3.19. The van der Waals surface area contributed by atoms with Crippen LogP contribution in [-0.4, -0.2) is 16.3 Å². The van der Waals surface area contributed by atoms with Gasteiger partial charge >= 0.3 is 0 Å². The molecule has 0 aliphatic rings. The van der Waals surface area contributed by atoms with Crippen LogP contribution in [0.1, 0.15) is 21.9 Å². The predicted octanol–water partition coefficient (Wildman–Crippen LogP) is 2.82. The molecule has 0 atom stereocenters. The highest BCUT2D eigenvalue weighted by atomic mass is 32.2. The molecule has 0 aliphatic carbocycles. The summed E-state index contributed by atoms with van der Waals surface area (Å²) >= 11 is 1.70. The zero-order valence-electron chi connectivity index (χ0n) is 8.93. The second kappa shape index (κ2) is 4.99. The molecule has 0 aliphatic heterocycles. The Bertz CT molecular complexity index is 476. The van der Waals surface area contributed by atoms with Gasteiger partial charge in [0.15, 0.2) is 6.29 Å². The summed E-state index contributed by atoms with van der Waals surface area (Å²) in [6, 6.07) is 8.34. The van der Waals surface area contributed by atoms with Gasteiger partial charge in [-0.2, -0.15) is 0 Å². The summed E-state index contributed by atoms with van der Waals surface area (Å²) in [7, 11) is 0. The average molecular weight is 232 g/mol. The van der Waals surface area contributed by atoms with Gasteiger partial charge in [-0.05, 0) is 19.1 Å². The molecule has 2 rings (SSSR count). The molecule has 1 aromatic carbocycles. The van der Waals surface area contributed by atoms with Crippen LogP contribution in [-0.2, 0) is 5.75 Å². The first-order chi connectivity index (χ1) is 7.78. The smallest absolute Gasteiger partial charge is 0.167 e. The van der Waals surface area contributed by atoms with Gasteiger partial charge in [-0.3, -0.25) is 4.79 Å². The lowest BCUT2D eigenvalue weighted by Gasteiger charge is -1.99. The number of nitrogens with one attached hydrogen (secondary N) is 1. The first-order valence-electron chi connectivity index (χ1n) is 4.96. The molecule has 1 N–H and O–H groups in total. The highest BCUT2D eigenvalue weighted by Crippen LogP contribution is 2.21. The van der Waals surface area contributed by atoms with Crippen molar-refractivity contribution in [3.63, 3.8) is 0 Å². The number of aromatic amines is 1. The molecule has 1 heterocycles. The molecule has 0 unspecified atom stereocenters. The number of hydrogen-bond donors (Lipinski definition) is 1. The Kier molecular flexibility index (Phi) is 3.41. The highest BCUT2D eigenvalue weighted by molar-refractivity contribution is 7.98. The Morgan fingerprint density at radius 2 is 2.12 bits per heavy atom. The van der Waals surface area contributed by atoms with Gasteiger partial charge in [0.2, 0.25) is 0 Å². The van der Waals surface area contributed by atoms with Crippen molar-refractivity contribution in [3.8, 4) is 0 Å². The maximum Gasteiger partial charge on any atom is 0.167 e. The van der Waals surface area contributed by atoms with E-state index in [9.17, 15) is 4.79 Å². The second-order valence-electron chi connectivity index (χ2n) is 3.50. The van der Waals surface area contributed by atoms with Crippen LogP contribution in [0, 0.1) is 6.92 Å². The summed E-state index contributed by atoms with van der Waals surface area (Å²) in [5.74, 6) is 1.57. The van der Waals surface area contributed by atoms with Crippen molar-refractivity contribution in [2.75, 3.05) is 0 Å². The molecular weight excluding hydrogens is 220 g/mol. The number of rotatable bonds is 4. The van der Waals surface area contributed by atoms with E-state index in [1.807, 2.05) is 0 Å². The summed E-state index contributed by atoms with van der Waals surface area (Å²) in [5.41, 5.74) is 1.78. The molecule has 0 amide bonds. The molecule has 0 saturated heterocycles. The van der Waals surface area contributed by atoms with Crippen LogP contribution >= 0.6 is 11.8 Å². The number of imidazole rings is 1. The van der Waals surface area contributed by atoms with Gasteiger partial charge < -0.3 is 4.98 Å². The Balaban J connectivity index is 1.96. The minimum Gasteiger partial charge on any atom is -0.339 e. The predicted molar refractivity (Wildman–Crippen MR) is 64.7 cm³/mol. The molecular formula is C12H12N2OS. The van der Waals surface area contributed by atoms with E-state index in [2.05, 4.69) is 41.2 Å². The van der Waals surface area contributed by atoms with E-state index in [0.717, 1.165) is 17.9 Å². The Labute approximate surface area is 98.3 Å². The Morgan fingerprint density at radius 3 is 2.75 bits per heavy atom. The van der Waals surface area contributed by atoms with Crippen LogP contribution in [0.25, 0.3) is 0 Å². The van der Waals surface area contributed by atoms with Crippen molar-refractivity contribution < 1.29 is 4.79 Å². The fourth-order valence-corrected chi connectivity index (χ4v) is 2.08. The standard InChI is InChI=1S/C12H12N2OS/c1-9-2-4-11(5-3-9)16-8-12-13-6-10(7-15)14-12/h2-7H,8H2,1H3,(H,13,14). The van der Waals surface area contributed by atoms with Gasteiger partial charge in [0.05, 0.1) is 17.6 Å². The van der Waals surface area contributed by atoms with Gasteiger partial charge in [0.1, 0.15) is 5.82 Å². The van der Waals surface area contributed by atoms with Crippen LogP contribution in [0.3, 0.4) is 0 Å². The number of aromatic nitrogens is 2. The first-order valence-corrected chi connectivity index (χ1v) is 5.95.